The number of anilines is 1. The maximum absolute atomic E-state index is 9.54. The van der Waals surface area contributed by atoms with Crippen LogP contribution in [0.15, 0.2) is 24.3 Å². The summed E-state index contributed by atoms with van der Waals surface area (Å²) in [6.45, 7) is 2.21. The summed E-state index contributed by atoms with van der Waals surface area (Å²) in [4.78, 5) is 0. The SMILES string of the molecule is CCC1CCCC(C#N)(Nc2cccc(Cl)c2)C1. The number of hydrogen-bond donors (Lipinski definition) is 1. The van der Waals surface area contributed by atoms with Crippen molar-refractivity contribution in [2.24, 2.45) is 5.92 Å². The lowest BCUT2D eigenvalue weighted by atomic mass is 9.75. The molecule has 0 aromatic heterocycles. The van der Waals surface area contributed by atoms with Crippen LogP contribution in [0.3, 0.4) is 0 Å². The molecule has 1 aliphatic rings. The van der Waals surface area contributed by atoms with Crippen molar-refractivity contribution in [2.45, 2.75) is 44.6 Å². The Balaban J connectivity index is 2.16. The normalized spacial score (nSPS) is 27.5. The summed E-state index contributed by atoms with van der Waals surface area (Å²) in [5.74, 6) is 0.657. The van der Waals surface area contributed by atoms with E-state index in [-0.39, 0.29) is 0 Å². The van der Waals surface area contributed by atoms with E-state index in [2.05, 4.69) is 18.3 Å². The molecule has 1 N–H and O–H groups in total. The van der Waals surface area contributed by atoms with Crippen molar-refractivity contribution in [2.75, 3.05) is 5.32 Å². The van der Waals surface area contributed by atoms with Gasteiger partial charge in [0.1, 0.15) is 5.54 Å². The van der Waals surface area contributed by atoms with E-state index in [1.807, 2.05) is 24.3 Å². The number of nitrogens with one attached hydrogen (secondary N) is 1. The molecule has 0 saturated heterocycles. The summed E-state index contributed by atoms with van der Waals surface area (Å²) in [7, 11) is 0. The topological polar surface area (TPSA) is 35.8 Å². The first-order valence-electron chi connectivity index (χ1n) is 6.62. The second-order valence-electron chi connectivity index (χ2n) is 5.20. The van der Waals surface area contributed by atoms with Crippen molar-refractivity contribution in [3.8, 4) is 6.07 Å². The van der Waals surface area contributed by atoms with Gasteiger partial charge < -0.3 is 5.32 Å². The summed E-state index contributed by atoms with van der Waals surface area (Å²) in [6, 6.07) is 10.1. The third-order valence-electron chi connectivity index (χ3n) is 3.85. The number of rotatable bonds is 3. The van der Waals surface area contributed by atoms with Crippen molar-refractivity contribution >= 4 is 17.3 Å². The predicted molar refractivity (Wildman–Crippen MR) is 75.7 cm³/mol. The molecule has 1 aromatic carbocycles. The lowest BCUT2D eigenvalue weighted by Crippen LogP contribution is -2.41. The molecule has 1 saturated carbocycles. The Kier molecular flexibility index (Phi) is 4.14. The van der Waals surface area contributed by atoms with Gasteiger partial charge in [0.05, 0.1) is 6.07 Å². The van der Waals surface area contributed by atoms with E-state index in [0.717, 1.165) is 31.4 Å². The van der Waals surface area contributed by atoms with Crippen LogP contribution in [0.2, 0.25) is 5.02 Å². The van der Waals surface area contributed by atoms with Gasteiger partial charge in [-0.15, -0.1) is 0 Å². The number of hydrogen-bond acceptors (Lipinski definition) is 2. The molecule has 1 aliphatic carbocycles. The highest BCUT2D eigenvalue weighted by Crippen LogP contribution is 2.36. The molecule has 2 unspecified atom stereocenters. The minimum absolute atomic E-state index is 0.413. The molecule has 96 valence electrons. The van der Waals surface area contributed by atoms with E-state index in [1.165, 1.54) is 6.42 Å². The molecule has 0 bridgehead atoms. The van der Waals surface area contributed by atoms with E-state index >= 15 is 0 Å². The van der Waals surface area contributed by atoms with E-state index in [9.17, 15) is 5.26 Å². The van der Waals surface area contributed by atoms with Gasteiger partial charge in [-0.3, -0.25) is 0 Å². The highest BCUT2D eigenvalue weighted by molar-refractivity contribution is 6.30. The standard InChI is InChI=1S/C15H19ClN2/c1-2-12-5-4-8-15(10-12,11-17)18-14-7-3-6-13(16)9-14/h3,6-7,9,12,18H,2,4-5,8,10H2,1H3. The number of halogens is 1. The van der Waals surface area contributed by atoms with Crippen molar-refractivity contribution in [3.05, 3.63) is 29.3 Å². The van der Waals surface area contributed by atoms with E-state index in [1.54, 1.807) is 0 Å². The highest BCUT2D eigenvalue weighted by atomic mass is 35.5. The highest BCUT2D eigenvalue weighted by Gasteiger charge is 2.35. The van der Waals surface area contributed by atoms with E-state index in [4.69, 9.17) is 11.6 Å². The smallest absolute Gasteiger partial charge is 0.125 e. The largest absolute Gasteiger partial charge is 0.367 e. The van der Waals surface area contributed by atoms with E-state index < -0.39 is 5.54 Å². The van der Waals surface area contributed by atoms with Crippen LogP contribution in [-0.4, -0.2) is 5.54 Å². The zero-order chi connectivity index (χ0) is 13.0. The fraction of sp³-hybridized carbons (Fsp3) is 0.533. The molecule has 2 atom stereocenters. The molecule has 0 aliphatic heterocycles. The molecule has 3 heteroatoms. The van der Waals surface area contributed by atoms with Gasteiger partial charge in [-0.25, -0.2) is 0 Å². The number of benzene rings is 1. The van der Waals surface area contributed by atoms with Gasteiger partial charge in [0.25, 0.3) is 0 Å². The second kappa shape index (κ2) is 5.63. The monoisotopic (exact) mass is 262 g/mol. The van der Waals surface area contributed by atoms with Crippen molar-refractivity contribution < 1.29 is 0 Å². The first-order valence-corrected chi connectivity index (χ1v) is 7.00. The van der Waals surface area contributed by atoms with Crippen molar-refractivity contribution in [3.63, 3.8) is 0 Å². The van der Waals surface area contributed by atoms with Gasteiger partial charge in [0, 0.05) is 10.7 Å². The predicted octanol–water partition coefficient (Wildman–Crippen LogP) is 4.61. The molecule has 0 radical (unpaired) electrons. The first kappa shape index (κ1) is 13.2. The maximum Gasteiger partial charge on any atom is 0.125 e. The lowest BCUT2D eigenvalue weighted by Gasteiger charge is -2.36. The molecule has 1 fully saturated rings. The van der Waals surface area contributed by atoms with Crippen LogP contribution in [0, 0.1) is 17.2 Å². The Labute approximate surface area is 114 Å². The summed E-state index contributed by atoms with van der Waals surface area (Å²) in [5.41, 5.74) is 0.532. The summed E-state index contributed by atoms with van der Waals surface area (Å²) >= 11 is 5.98. The van der Waals surface area contributed by atoms with Crippen LogP contribution in [0.1, 0.15) is 39.0 Å². The van der Waals surface area contributed by atoms with Gasteiger partial charge in [0.2, 0.25) is 0 Å². The molecule has 2 rings (SSSR count). The van der Waals surface area contributed by atoms with Crippen LogP contribution >= 0.6 is 11.6 Å². The van der Waals surface area contributed by atoms with Crippen LogP contribution in [0.4, 0.5) is 5.69 Å². The Morgan fingerprint density at radius 2 is 2.39 bits per heavy atom. The van der Waals surface area contributed by atoms with Crippen LogP contribution in [-0.2, 0) is 0 Å². The van der Waals surface area contributed by atoms with Gasteiger partial charge in [-0.1, -0.05) is 37.4 Å². The molecule has 0 heterocycles. The second-order valence-corrected chi connectivity index (χ2v) is 5.64. The number of nitrogens with zero attached hydrogens (tertiary/aromatic N) is 1. The van der Waals surface area contributed by atoms with E-state index in [0.29, 0.717) is 10.9 Å². The Hall–Kier alpha value is -1.20. The summed E-state index contributed by atoms with van der Waals surface area (Å²) < 4.78 is 0. The number of nitriles is 1. The lowest BCUT2D eigenvalue weighted by molar-refractivity contribution is 0.283. The molecular formula is C15H19ClN2. The first-order chi connectivity index (χ1) is 8.67. The van der Waals surface area contributed by atoms with Crippen LogP contribution in [0.5, 0.6) is 0 Å². The average Bonchev–Trinajstić information content (AvgIpc) is 2.39. The molecule has 0 spiro atoms. The third kappa shape index (κ3) is 2.97. The van der Waals surface area contributed by atoms with Crippen molar-refractivity contribution in [1.82, 2.24) is 0 Å². The quantitative estimate of drug-likeness (QED) is 0.863. The summed E-state index contributed by atoms with van der Waals surface area (Å²) in [5, 5.41) is 13.6. The maximum atomic E-state index is 9.54. The fourth-order valence-corrected chi connectivity index (χ4v) is 3.01. The Morgan fingerprint density at radius 3 is 3.06 bits per heavy atom. The Morgan fingerprint density at radius 1 is 1.56 bits per heavy atom. The van der Waals surface area contributed by atoms with Gasteiger partial charge >= 0.3 is 0 Å². The van der Waals surface area contributed by atoms with Crippen LogP contribution in [0.25, 0.3) is 0 Å². The fourth-order valence-electron chi connectivity index (χ4n) is 2.82. The van der Waals surface area contributed by atoms with Gasteiger partial charge in [-0.05, 0) is 43.4 Å². The zero-order valence-corrected chi connectivity index (χ0v) is 11.5. The average molecular weight is 263 g/mol. The summed E-state index contributed by atoms with van der Waals surface area (Å²) in [6.07, 6.45) is 5.39. The minimum atomic E-state index is -0.413. The zero-order valence-electron chi connectivity index (χ0n) is 10.7. The molecular weight excluding hydrogens is 244 g/mol. The minimum Gasteiger partial charge on any atom is -0.367 e. The Bertz CT molecular complexity index is 452. The van der Waals surface area contributed by atoms with Gasteiger partial charge in [0.15, 0.2) is 0 Å². The van der Waals surface area contributed by atoms with Crippen LogP contribution < -0.4 is 5.32 Å². The molecule has 0 amide bonds. The molecule has 18 heavy (non-hydrogen) atoms. The third-order valence-corrected chi connectivity index (χ3v) is 4.09. The molecule has 2 nitrogen and oxygen atoms in total. The molecule has 1 aromatic rings. The van der Waals surface area contributed by atoms with Crippen molar-refractivity contribution in [1.29, 1.82) is 5.26 Å². The van der Waals surface area contributed by atoms with Gasteiger partial charge in [-0.2, -0.15) is 5.26 Å².